The first-order valence-electron chi connectivity index (χ1n) is 7.45. The first-order valence-corrected chi connectivity index (χ1v) is 7.45. The lowest BCUT2D eigenvalue weighted by Gasteiger charge is -2.25. The zero-order valence-electron chi connectivity index (χ0n) is 11.9. The highest BCUT2D eigenvalue weighted by Gasteiger charge is 2.37. The summed E-state index contributed by atoms with van der Waals surface area (Å²) in [6.07, 6.45) is 4.12. The van der Waals surface area contributed by atoms with Crippen LogP contribution in [0.1, 0.15) is 39.0 Å². The van der Waals surface area contributed by atoms with E-state index in [2.05, 4.69) is 5.32 Å². The van der Waals surface area contributed by atoms with E-state index in [0.29, 0.717) is 6.54 Å². The van der Waals surface area contributed by atoms with Gasteiger partial charge in [0.2, 0.25) is 0 Å². The minimum atomic E-state index is -0.845. The first-order chi connectivity index (χ1) is 9.49. The number of likely N-dealkylation sites (tertiary alicyclic amines) is 1. The maximum atomic E-state index is 12.2. The van der Waals surface area contributed by atoms with Gasteiger partial charge in [0.15, 0.2) is 0 Å². The fourth-order valence-corrected chi connectivity index (χ4v) is 3.16. The molecular formula is C14H24N2O4. The van der Waals surface area contributed by atoms with Crippen LogP contribution in [0.25, 0.3) is 0 Å². The highest BCUT2D eigenvalue weighted by atomic mass is 16.4. The van der Waals surface area contributed by atoms with Gasteiger partial charge in [0.25, 0.3) is 0 Å². The van der Waals surface area contributed by atoms with Crippen molar-refractivity contribution in [3.05, 3.63) is 0 Å². The maximum Gasteiger partial charge on any atom is 0.317 e. The van der Waals surface area contributed by atoms with Crippen molar-refractivity contribution in [2.45, 2.75) is 51.2 Å². The number of carboxylic acid groups (broad SMARTS) is 1. The Bertz CT molecular complexity index is 374. The number of hydrogen-bond donors (Lipinski definition) is 3. The molecule has 0 aromatic heterocycles. The number of amides is 2. The molecule has 1 saturated carbocycles. The number of nitrogens with zero attached hydrogens (tertiary/aromatic N) is 1. The Morgan fingerprint density at radius 1 is 1.15 bits per heavy atom. The Labute approximate surface area is 119 Å². The van der Waals surface area contributed by atoms with Crippen molar-refractivity contribution >= 4 is 12.0 Å². The van der Waals surface area contributed by atoms with E-state index in [1.165, 1.54) is 0 Å². The van der Waals surface area contributed by atoms with Crippen LogP contribution in [0.4, 0.5) is 4.79 Å². The standard InChI is InChI=1S/C14H24N2O4/c1-9-7-16(8-10(9)13(18)19)14(20)15-11-5-3-2-4-6-12(11)17/h9-12,17H,2-8H2,1H3,(H,15,20)(H,18,19). The minimum Gasteiger partial charge on any atom is -0.481 e. The zero-order valence-corrected chi connectivity index (χ0v) is 11.9. The second kappa shape index (κ2) is 6.43. The van der Waals surface area contributed by atoms with Crippen LogP contribution >= 0.6 is 0 Å². The summed E-state index contributed by atoms with van der Waals surface area (Å²) in [7, 11) is 0. The monoisotopic (exact) mass is 284 g/mol. The number of urea groups is 1. The summed E-state index contributed by atoms with van der Waals surface area (Å²) in [5.74, 6) is -1.36. The fourth-order valence-electron chi connectivity index (χ4n) is 3.16. The molecule has 4 unspecified atom stereocenters. The summed E-state index contributed by atoms with van der Waals surface area (Å²) in [4.78, 5) is 24.8. The third-order valence-corrected chi connectivity index (χ3v) is 4.51. The van der Waals surface area contributed by atoms with E-state index in [9.17, 15) is 14.7 Å². The summed E-state index contributed by atoms with van der Waals surface area (Å²) in [5.41, 5.74) is 0. The van der Waals surface area contributed by atoms with Crippen LogP contribution in [0.15, 0.2) is 0 Å². The predicted octanol–water partition coefficient (Wildman–Crippen LogP) is 1.04. The zero-order chi connectivity index (χ0) is 14.7. The molecule has 0 aromatic rings. The molecule has 0 bridgehead atoms. The van der Waals surface area contributed by atoms with Crippen LogP contribution in [-0.4, -0.2) is 52.3 Å². The lowest BCUT2D eigenvalue weighted by molar-refractivity contribution is -0.142. The largest absolute Gasteiger partial charge is 0.481 e. The second-order valence-electron chi connectivity index (χ2n) is 6.09. The number of carboxylic acids is 1. The van der Waals surface area contributed by atoms with Gasteiger partial charge in [-0.2, -0.15) is 0 Å². The lowest BCUT2D eigenvalue weighted by Crippen LogP contribution is -2.48. The van der Waals surface area contributed by atoms with Crippen molar-refractivity contribution in [3.63, 3.8) is 0 Å². The Morgan fingerprint density at radius 2 is 1.85 bits per heavy atom. The summed E-state index contributed by atoms with van der Waals surface area (Å²) < 4.78 is 0. The van der Waals surface area contributed by atoms with Gasteiger partial charge in [0.05, 0.1) is 18.1 Å². The molecule has 3 N–H and O–H groups in total. The van der Waals surface area contributed by atoms with Gasteiger partial charge in [-0.3, -0.25) is 4.79 Å². The minimum absolute atomic E-state index is 0.0303. The summed E-state index contributed by atoms with van der Waals surface area (Å²) >= 11 is 0. The molecule has 2 aliphatic rings. The molecule has 0 aromatic carbocycles. The molecule has 114 valence electrons. The van der Waals surface area contributed by atoms with E-state index in [1.807, 2.05) is 6.92 Å². The Morgan fingerprint density at radius 3 is 2.50 bits per heavy atom. The molecule has 2 rings (SSSR count). The van der Waals surface area contributed by atoms with Crippen LogP contribution in [-0.2, 0) is 4.79 Å². The molecule has 4 atom stereocenters. The molecule has 1 aliphatic heterocycles. The maximum absolute atomic E-state index is 12.2. The van der Waals surface area contributed by atoms with E-state index >= 15 is 0 Å². The number of rotatable bonds is 2. The number of nitrogens with one attached hydrogen (secondary N) is 1. The third kappa shape index (κ3) is 3.42. The van der Waals surface area contributed by atoms with Crippen molar-refractivity contribution in [1.82, 2.24) is 10.2 Å². The quantitative estimate of drug-likeness (QED) is 0.661. The van der Waals surface area contributed by atoms with Gasteiger partial charge in [-0.25, -0.2) is 4.79 Å². The molecule has 1 saturated heterocycles. The number of carbonyl (C=O) groups is 2. The van der Waals surface area contributed by atoms with Crippen molar-refractivity contribution in [1.29, 1.82) is 0 Å². The average Bonchev–Trinajstić information content (AvgIpc) is 2.68. The third-order valence-electron chi connectivity index (χ3n) is 4.51. The van der Waals surface area contributed by atoms with E-state index in [1.54, 1.807) is 4.90 Å². The topological polar surface area (TPSA) is 89.9 Å². The average molecular weight is 284 g/mol. The molecule has 2 fully saturated rings. The van der Waals surface area contributed by atoms with Crippen molar-refractivity contribution in [2.75, 3.05) is 13.1 Å². The first kappa shape index (κ1) is 15.1. The molecule has 1 aliphatic carbocycles. The summed E-state index contributed by atoms with van der Waals surface area (Å²) in [5, 5.41) is 22.0. The molecule has 6 nitrogen and oxygen atoms in total. The van der Waals surface area contributed by atoms with Crippen LogP contribution in [0.3, 0.4) is 0 Å². The number of hydrogen-bond acceptors (Lipinski definition) is 3. The van der Waals surface area contributed by atoms with Gasteiger partial charge in [-0.15, -0.1) is 0 Å². The molecule has 2 amide bonds. The highest BCUT2D eigenvalue weighted by Crippen LogP contribution is 2.24. The second-order valence-corrected chi connectivity index (χ2v) is 6.09. The summed E-state index contributed by atoms with van der Waals surface area (Å²) in [6.45, 7) is 2.57. The van der Waals surface area contributed by atoms with Crippen molar-refractivity contribution in [3.8, 4) is 0 Å². The summed E-state index contributed by atoms with van der Waals surface area (Å²) in [6, 6.07) is -0.448. The smallest absolute Gasteiger partial charge is 0.317 e. The Hall–Kier alpha value is -1.30. The van der Waals surface area contributed by atoms with Gasteiger partial charge in [-0.05, 0) is 18.8 Å². The normalized spacial score (nSPS) is 34.6. The molecule has 1 heterocycles. The Kier molecular flexibility index (Phi) is 4.86. The predicted molar refractivity (Wildman–Crippen MR) is 73.3 cm³/mol. The van der Waals surface area contributed by atoms with Gasteiger partial charge in [0.1, 0.15) is 0 Å². The molecule has 20 heavy (non-hydrogen) atoms. The lowest BCUT2D eigenvalue weighted by atomic mass is 9.99. The van der Waals surface area contributed by atoms with Crippen molar-refractivity contribution < 1.29 is 19.8 Å². The number of aliphatic hydroxyl groups excluding tert-OH is 1. The van der Waals surface area contributed by atoms with Crippen molar-refractivity contribution in [2.24, 2.45) is 11.8 Å². The van der Waals surface area contributed by atoms with E-state index < -0.39 is 18.0 Å². The van der Waals surface area contributed by atoms with E-state index in [0.717, 1.165) is 32.1 Å². The van der Waals surface area contributed by atoms with Gasteiger partial charge in [-0.1, -0.05) is 26.2 Å². The van der Waals surface area contributed by atoms with Gasteiger partial charge >= 0.3 is 12.0 Å². The number of aliphatic carboxylic acids is 1. The van der Waals surface area contributed by atoms with Crippen LogP contribution in [0.2, 0.25) is 0 Å². The van der Waals surface area contributed by atoms with Gasteiger partial charge in [0, 0.05) is 13.1 Å². The van der Waals surface area contributed by atoms with Crippen LogP contribution in [0, 0.1) is 11.8 Å². The molecule has 0 radical (unpaired) electrons. The van der Waals surface area contributed by atoms with E-state index in [4.69, 9.17) is 5.11 Å². The molecule has 6 heteroatoms. The molecular weight excluding hydrogens is 260 g/mol. The van der Waals surface area contributed by atoms with E-state index in [-0.39, 0.29) is 24.5 Å². The van der Waals surface area contributed by atoms with Gasteiger partial charge < -0.3 is 20.4 Å². The van der Waals surface area contributed by atoms with Crippen LogP contribution < -0.4 is 5.32 Å². The SMILES string of the molecule is CC1CN(C(=O)NC2CCCCCC2O)CC1C(=O)O. The number of carbonyl (C=O) groups excluding carboxylic acids is 1. The van der Waals surface area contributed by atoms with Crippen LogP contribution in [0.5, 0.6) is 0 Å². The Balaban J connectivity index is 1.90. The highest BCUT2D eigenvalue weighted by molar-refractivity contribution is 5.77. The fraction of sp³-hybridized carbons (Fsp3) is 0.857. The molecule has 0 spiro atoms. The number of aliphatic hydroxyl groups is 1.